The van der Waals surface area contributed by atoms with Crippen molar-refractivity contribution < 1.29 is 14.1 Å². The van der Waals surface area contributed by atoms with Crippen molar-refractivity contribution in [1.82, 2.24) is 10.1 Å². The molecule has 106 valence electrons. The molecule has 0 aliphatic heterocycles. The molecule has 0 bridgehead atoms. The maximum atomic E-state index is 11.9. The summed E-state index contributed by atoms with van der Waals surface area (Å²) in [4.78, 5) is 16.2. The molecule has 0 spiro atoms. The fourth-order valence-corrected chi connectivity index (χ4v) is 1.93. The van der Waals surface area contributed by atoms with E-state index < -0.39 is 5.91 Å². The van der Waals surface area contributed by atoms with Crippen LogP contribution in [0.5, 0.6) is 5.75 Å². The number of hydrogen-bond donors (Lipinski definition) is 2. The van der Waals surface area contributed by atoms with E-state index in [4.69, 9.17) is 10.5 Å². The van der Waals surface area contributed by atoms with Crippen LogP contribution in [0.1, 0.15) is 10.5 Å². The summed E-state index contributed by atoms with van der Waals surface area (Å²) in [5.74, 6) is 0.246. The second kappa shape index (κ2) is 5.12. The van der Waals surface area contributed by atoms with E-state index in [1.807, 2.05) is 0 Å². The number of nitrogens with one attached hydrogen (secondary N) is 1. The number of pyridine rings is 1. The maximum Gasteiger partial charge on any atom is 0.277 e. The lowest BCUT2D eigenvalue weighted by molar-refractivity contribution is 0.101. The third-order valence-electron chi connectivity index (χ3n) is 3.04. The second-order valence-corrected chi connectivity index (χ2v) is 4.31. The van der Waals surface area contributed by atoms with Gasteiger partial charge >= 0.3 is 0 Å². The first kappa shape index (κ1) is 12.9. The minimum Gasteiger partial charge on any atom is -0.497 e. The first-order chi connectivity index (χ1) is 10.2. The number of carbonyl (C=O) groups is 1. The van der Waals surface area contributed by atoms with Crippen molar-refractivity contribution in [3.63, 3.8) is 0 Å². The van der Waals surface area contributed by atoms with E-state index in [0.29, 0.717) is 28.0 Å². The molecule has 0 radical (unpaired) electrons. The number of amides is 1. The normalized spacial score (nSPS) is 10.5. The molecule has 3 aromatic rings. The molecule has 0 atom stereocenters. The number of fused-ring (bicyclic) bond motifs is 1. The second-order valence-electron chi connectivity index (χ2n) is 4.31. The third-order valence-corrected chi connectivity index (χ3v) is 3.04. The molecule has 0 fully saturated rings. The Bertz CT molecular complexity index is 799. The van der Waals surface area contributed by atoms with Crippen molar-refractivity contribution in [2.24, 2.45) is 0 Å². The molecule has 21 heavy (non-hydrogen) atoms. The van der Waals surface area contributed by atoms with Crippen molar-refractivity contribution >= 4 is 28.2 Å². The monoisotopic (exact) mass is 284 g/mol. The quantitative estimate of drug-likeness (QED) is 0.763. The zero-order valence-corrected chi connectivity index (χ0v) is 11.2. The van der Waals surface area contributed by atoms with Gasteiger partial charge in [-0.25, -0.2) is 0 Å². The number of nitrogens with two attached hydrogens (primary N) is 1. The molecule has 1 aromatic carbocycles. The van der Waals surface area contributed by atoms with Crippen molar-refractivity contribution in [2.45, 2.75) is 0 Å². The van der Waals surface area contributed by atoms with Gasteiger partial charge in [0.05, 0.1) is 30.2 Å². The Morgan fingerprint density at radius 2 is 2.24 bits per heavy atom. The van der Waals surface area contributed by atoms with Crippen LogP contribution in [0.3, 0.4) is 0 Å². The number of anilines is 2. The Kier molecular flexibility index (Phi) is 3.15. The van der Waals surface area contributed by atoms with Crippen molar-refractivity contribution in [3.05, 3.63) is 42.4 Å². The van der Waals surface area contributed by atoms with Gasteiger partial charge in [-0.3, -0.25) is 9.78 Å². The number of hydrogen-bond acceptors (Lipinski definition) is 6. The number of nitrogens with zero attached hydrogens (tertiary/aromatic N) is 2. The van der Waals surface area contributed by atoms with Crippen LogP contribution in [-0.4, -0.2) is 23.2 Å². The summed E-state index contributed by atoms with van der Waals surface area (Å²) in [6.45, 7) is 0. The molecule has 7 heteroatoms. The Morgan fingerprint density at radius 1 is 1.38 bits per heavy atom. The molecule has 0 aliphatic carbocycles. The standard InChI is InChI=1S/C14H12N4O3/c1-20-8-2-3-10-9(6-8)13(15)12(7-16-10)17-14(19)11-4-5-21-18-11/h2-7H,1H3,(H2,15,16)(H,17,19). The Hall–Kier alpha value is -3.09. The van der Waals surface area contributed by atoms with Crippen LogP contribution in [0.2, 0.25) is 0 Å². The van der Waals surface area contributed by atoms with Gasteiger partial charge in [0, 0.05) is 11.5 Å². The van der Waals surface area contributed by atoms with Gasteiger partial charge in [0.25, 0.3) is 5.91 Å². The van der Waals surface area contributed by atoms with Crippen LogP contribution in [0.25, 0.3) is 10.9 Å². The summed E-state index contributed by atoms with van der Waals surface area (Å²) >= 11 is 0. The average Bonchev–Trinajstić information content (AvgIpc) is 3.04. The van der Waals surface area contributed by atoms with Gasteiger partial charge in [-0.15, -0.1) is 0 Å². The SMILES string of the molecule is COc1ccc2ncc(NC(=O)c3ccon3)c(N)c2c1. The van der Waals surface area contributed by atoms with Crippen LogP contribution >= 0.6 is 0 Å². The number of methoxy groups -OCH3 is 1. The zero-order valence-electron chi connectivity index (χ0n) is 11.2. The molecule has 2 heterocycles. The van der Waals surface area contributed by atoms with E-state index in [2.05, 4.69) is 20.0 Å². The first-order valence-corrected chi connectivity index (χ1v) is 6.13. The fourth-order valence-electron chi connectivity index (χ4n) is 1.93. The Morgan fingerprint density at radius 3 is 2.95 bits per heavy atom. The van der Waals surface area contributed by atoms with Gasteiger partial charge in [-0.05, 0) is 18.2 Å². The predicted octanol–water partition coefficient (Wildman–Crippen LogP) is 2.07. The fraction of sp³-hybridized carbons (Fsp3) is 0.0714. The highest BCUT2D eigenvalue weighted by molar-refractivity contribution is 6.07. The molecule has 3 N–H and O–H groups in total. The van der Waals surface area contributed by atoms with E-state index in [-0.39, 0.29) is 5.69 Å². The van der Waals surface area contributed by atoms with Crippen LogP contribution in [-0.2, 0) is 0 Å². The number of ether oxygens (including phenoxy) is 1. The van der Waals surface area contributed by atoms with Crippen molar-refractivity contribution in [1.29, 1.82) is 0 Å². The summed E-state index contributed by atoms with van der Waals surface area (Å²) < 4.78 is 9.79. The van der Waals surface area contributed by atoms with Gasteiger partial charge in [0.15, 0.2) is 5.69 Å². The van der Waals surface area contributed by atoms with Gasteiger partial charge < -0.3 is 20.3 Å². The molecule has 3 rings (SSSR count). The number of aromatic nitrogens is 2. The average molecular weight is 284 g/mol. The zero-order chi connectivity index (χ0) is 14.8. The molecule has 0 aliphatic rings. The van der Waals surface area contributed by atoms with Crippen LogP contribution in [0, 0.1) is 0 Å². The van der Waals surface area contributed by atoms with Gasteiger partial charge in [0.2, 0.25) is 0 Å². The lowest BCUT2D eigenvalue weighted by atomic mass is 10.1. The molecular formula is C14H12N4O3. The van der Waals surface area contributed by atoms with E-state index in [1.54, 1.807) is 25.3 Å². The smallest absolute Gasteiger partial charge is 0.277 e. The van der Waals surface area contributed by atoms with Crippen molar-refractivity contribution in [3.8, 4) is 5.75 Å². The molecule has 0 saturated heterocycles. The summed E-state index contributed by atoms with van der Waals surface area (Å²) in [6, 6.07) is 6.82. The predicted molar refractivity (Wildman–Crippen MR) is 77.2 cm³/mol. The molecule has 0 unspecified atom stereocenters. The highest BCUT2D eigenvalue weighted by Crippen LogP contribution is 2.29. The summed E-state index contributed by atoms with van der Waals surface area (Å²) in [6.07, 6.45) is 2.82. The van der Waals surface area contributed by atoms with Crippen molar-refractivity contribution in [2.75, 3.05) is 18.2 Å². The largest absolute Gasteiger partial charge is 0.497 e. The Balaban J connectivity index is 1.99. The minimum atomic E-state index is -0.417. The topological polar surface area (TPSA) is 103 Å². The van der Waals surface area contributed by atoms with E-state index >= 15 is 0 Å². The van der Waals surface area contributed by atoms with Gasteiger partial charge in [0.1, 0.15) is 12.0 Å². The Labute approximate surface area is 119 Å². The van der Waals surface area contributed by atoms with Crippen LogP contribution in [0.15, 0.2) is 41.2 Å². The maximum absolute atomic E-state index is 11.9. The molecule has 0 saturated carbocycles. The van der Waals surface area contributed by atoms with Gasteiger partial charge in [-0.2, -0.15) is 0 Å². The van der Waals surface area contributed by atoms with Crippen LogP contribution < -0.4 is 15.8 Å². The third kappa shape index (κ3) is 2.36. The number of nitrogen functional groups attached to an aromatic ring is 1. The molecule has 7 nitrogen and oxygen atoms in total. The lowest BCUT2D eigenvalue weighted by Gasteiger charge is -2.10. The number of rotatable bonds is 3. The number of benzene rings is 1. The summed E-state index contributed by atoms with van der Waals surface area (Å²) in [7, 11) is 1.57. The van der Waals surface area contributed by atoms with E-state index in [9.17, 15) is 4.79 Å². The molecular weight excluding hydrogens is 272 g/mol. The number of carbonyl (C=O) groups excluding carboxylic acids is 1. The first-order valence-electron chi connectivity index (χ1n) is 6.13. The van der Waals surface area contributed by atoms with E-state index in [0.717, 1.165) is 0 Å². The highest BCUT2D eigenvalue weighted by Gasteiger charge is 2.13. The lowest BCUT2D eigenvalue weighted by Crippen LogP contribution is -2.14. The highest BCUT2D eigenvalue weighted by atomic mass is 16.5. The molecule has 2 aromatic heterocycles. The van der Waals surface area contributed by atoms with E-state index in [1.165, 1.54) is 18.5 Å². The summed E-state index contributed by atoms with van der Waals surface area (Å²) in [5, 5.41) is 6.92. The minimum absolute atomic E-state index is 0.167. The van der Waals surface area contributed by atoms with Crippen LogP contribution in [0.4, 0.5) is 11.4 Å². The molecule has 1 amide bonds. The summed E-state index contributed by atoms with van der Waals surface area (Å²) in [5.41, 5.74) is 7.79. The van der Waals surface area contributed by atoms with Gasteiger partial charge in [-0.1, -0.05) is 5.16 Å².